The first-order valence-electron chi connectivity index (χ1n) is 9.50. The van der Waals surface area contributed by atoms with Crippen LogP contribution in [0.1, 0.15) is 18.5 Å². The highest BCUT2D eigenvalue weighted by Gasteiger charge is 2.20. The van der Waals surface area contributed by atoms with Crippen LogP contribution >= 0.6 is 11.6 Å². The van der Waals surface area contributed by atoms with E-state index in [9.17, 15) is 9.90 Å². The second-order valence-electron chi connectivity index (χ2n) is 7.24. The van der Waals surface area contributed by atoms with Gasteiger partial charge in [0.05, 0.1) is 6.20 Å². The van der Waals surface area contributed by atoms with E-state index in [0.717, 1.165) is 12.2 Å². The molecule has 152 valence electrons. The summed E-state index contributed by atoms with van der Waals surface area (Å²) in [4.78, 5) is 25.7. The number of hydrogen-bond acceptors (Lipinski definition) is 6. The van der Waals surface area contributed by atoms with E-state index in [2.05, 4.69) is 25.4 Å². The molecule has 1 aliphatic carbocycles. The van der Waals surface area contributed by atoms with Gasteiger partial charge >= 0.3 is 5.69 Å². The molecule has 0 atom stereocenters. The Morgan fingerprint density at radius 2 is 2.20 bits per heavy atom. The molecule has 0 amide bonds. The highest BCUT2D eigenvalue weighted by Crippen LogP contribution is 2.28. The normalized spacial score (nSPS) is 15.2. The van der Waals surface area contributed by atoms with Crippen molar-refractivity contribution in [2.75, 3.05) is 11.9 Å². The number of hydrogen-bond donors (Lipinski definition) is 4. The molecular weight excluding hydrogens is 406 g/mol. The molecule has 3 aromatic heterocycles. The lowest BCUT2D eigenvalue weighted by atomic mass is 10.3. The van der Waals surface area contributed by atoms with Crippen molar-refractivity contribution >= 4 is 34.8 Å². The summed E-state index contributed by atoms with van der Waals surface area (Å²) in [5, 5.41) is 18.8. The van der Waals surface area contributed by atoms with Gasteiger partial charge < -0.3 is 15.4 Å². The van der Waals surface area contributed by atoms with Crippen LogP contribution < -0.4 is 21.7 Å². The Kier molecular flexibility index (Phi) is 4.51. The Labute approximate surface area is 174 Å². The number of halogens is 1. The van der Waals surface area contributed by atoms with Crippen molar-refractivity contribution < 1.29 is 5.11 Å². The molecule has 0 unspecified atom stereocenters. The molecule has 0 saturated heterocycles. The van der Waals surface area contributed by atoms with Gasteiger partial charge in [-0.25, -0.2) is 9.78 Å². The van der Waals surface area contributed by atoms with E-state index in [1.165, 1.54) is 12.8 Å². The third kappa shape index (κ3) is 3.79. The number of anilines is 2. The first-order chi connectivity index (χ1) is 14.5. The number of rotatable bonds is 5. The second-order valence-corrected chi connectivity index (χ2v) is 7.68. The van der Waals surface area contributed by atoms with Crippen molar-refractivity contribution in [1.82, 2.24) is 24.6 Å². The molecule has 1 saturated carbocycles. The minimum atomic E-state index is -0.494. The smallest absolute Gasteiger partial charge is 0.326 e. The van der Waals surface area contributed by atoms with Gasteiger partial charge in [0.2, 0.25) is 5.88 Å². The van der Waals surface area contributed by atoms with Gasteiger partial charge in [0.15, 0.2) is 11.1 Å². The fourth-order valence-electron chi connectivity index (χ4n) is 3.13. The monoisotopic (exact) mass is 423 g/mol. The number of aromatic nitrogens is 5. The predicted molar refractivity (Wildman–Crippen MR) is 113 cm³/mol. The Morgan fingerprint density at radius 1 is 1.33 bits per heavy atom. The molecule has 4 aromatic rings. The number of aromatic hydroxyl groups is 1. The van der Waals surface area contributed by atoms with Crippen LogP contribution in [0.15, 0.2) is 46.3 Å². The van der Waals surface area contributed by atoms with E-state index in [1.54, 1.807) is 28.9 Å². The van der Waals surface area contributed by atoms with Crippen molar-refractivity contribution in [2.45, 2.75) is 12.8 Å². The fraction of sp³-hybridized carbons (Fsp3) is 0.200. The summed E-state index contributed by atoms with van der Waals surface area (Å²) in [6.45, 7) is 0.737. The molecule has 0 aliphatic heterocycles. The van der Waals surface area contributed by atoms with E-state index in [0.29, 0.717) is 33.1 Å². The number of nitrogens with one attached hydrogen (secondary N) is 3. The number of H-pyrrole nitrogens is 2. The number of imidazole rings is 1. The summed E-state index contributed by atoms with van der Waals surface area (Å²) < 4.78 is 1.65. The van der Waals surface area contributed by atoms with E-state index < -0.39 is 5.69 Å². The van der Waals surface area contributed by atoms with Gasteiger partial charge in [-0.15, -0.1) is 0 Å². The summed E-state index contributed by atoms with van der Waals surface area (Å²) in [5.74, 6) is 0.966. The lowest BCUT2D eigenvalue weighted by Crippen LogP contribution is -2.20. The largest absolute Gasteiger partial charge is 0.493 e. The first kappa shape index (κ1) is 18.4. The van der Waals surface area contributed by atoms with Crippen molar-refractivity contribution in [1.29, 1.82) is 0 Å². The summed E-state index contributed by atoms with van der Waals surface area (Å²) in [6.07, 6.45) is 5.62. The lowest BCUT2D eigenvalue weighted by Gasteiger charge is -2.07. The standard InChI is InChI=1S/C20H18ClN7O2/c21-13-2-1-3-14(7-13)24-16-8-17(22-9-11-4-5-11)28-18(26-16)12(10-23-28)6-15-19(29)27-20(30)25-15/h1-3,6-8,10-11,24,29H,4-5,9H2,(H2,25,27,30)/b12-6-,22-17?. The van der Waals surface area contributed by atoms with Gasteiger partial charge in [-0.2, -0.15) is 9.61 Å². The van der Waals surface area contributed by atoms with Crippen molar-refractivity contribution in [3.8, 4) is 5.88 Å². The molecule has 1 aromatic carbocycles. The third-order valence-corrected chi connectivity index (χ3v) is 5.06. The van der Waals surface area contributed by atoms with E-state index in [4.69, 9.17) is 16.6 Å². The van der Waals surface area contributed by atoms with Crippen LogP contribution in [-0.2, 0) is 0 Å². The summed E-state index contributed by atoms with van der Waals surface area (Å²) in [7, 11) is 0. The molecule has 0 spiro atoms. The van der Waals surface area contributed by atoms with Gasteiger partial charge in [0, 0.05) is 28.5 Å². The average Bonchev–Trinajstić information content (AvgIpc) is 3.37. The maximum Gasteiger partial charge on any atom is 0.326 e. The van der Waals surface area contributed by atoms with E-state index in [-0.39, 0.29) is 11.6 Å². The molecule has 1 aliphatic rings. The minimum Gasteiger partial charge on any atom is -0.493 e. The quantitative estimate of drug-likeness (QED) is 0.389. The first-order valence-corrected chi connectivity index (χ1v) is 9.88. The van der Waals surface area contributed by atoms with Crippen LogP contribution in [0.2, 0.25) is 5.02 Å². The highest BCUT2D eigenvalue weighted by atomic mass is 35.5. The maximum absolute atomic E-state index is 11.4. The number of benzene rings is 1. The average molecular weight is 424 g/mol. The summed E-state index contributed by atoms with van der Waals surface area (Å²) in [6, 6.07) is 9.19. The van der Waals surface area contributed by atoms with Crippen LogP contribution in [-0.4, -0.2) is 36.2 Å². The maximum atomic E-state index is 11.4. The molecule has 1 fully saturated rings. The molecule has 3 heterocycles. The Balaban J connectivity index is 1.66. The lowest BCUT2D eigenvalue weighted by molar-refractivity contribution is 0.454. The zero-order valence-corrected chi connectivity index (χ0v) is 16.5. The number of nitrogens with zero attached hydrogens (tertiary/aromatic N) is 4. The molecule has 0 radical (unpaired) electrons. The molecular formula is C20H18ClN7O2. The summed E-state index contributed by atoms with van der Waals surface area (Å²) in [5.41, 5.74) is 1.76. The SMILES string of the molecule is O=c1[nH]c(O)c(/C=c2/cnn3c(=NCC4CC4)cc(Nc4cccc(Cl)c4)nc23)[nH]1. The Morgan fingerprint density at radius 3 is 2.93 bits per heavy atom. The second kappa shape index (κ2) is 7.34. The van der Waals surface area contributed by atoms with Crippen molar-refractivity contribution in [2.24, 2.45) is 10.9 Å². The molecule has 30 heavy (non-hydrogen) atoms. The Hall–Kier alpha value is -3.59. The van der Waals surface area contributed by atoms with E-state index in [1.807, 2.05) is 18.2 Å². The number of aromatic amines is 2. The van der Waals surface area contributed by atoms with Crippen LogP contribution in [0, 0.1) is 5.92 Å². The van der Waals surface area contributed by atoms with Crippen LogP contribution in [0.4, 0.5) is 11.5 Å². The van der Waals surface area contributed by atoms with Gasteiger partial charge in [0.1, 0.15) is 11.5 Å². The highest BCUT2D eigenvalue weighted by molar-refractivity contribution is 6.30. The number of fused-ring (bicyclic) bond motifs is 1. The van der Waals surface area contributed by atoms with Gasteiger partial charge in [-0.1, -0.05) is 17.7 Å². The summed E-state index contributed by atoms with van der Waals surface area (Å²) >= 11 is 6.09. The van der Waals surface area contributed by atoms with Crippen LogP contribution in [0.5, 0.6) is 5.88 Å². The molecule has 0 bridgehead atoms. The molecule has 10 heteroatoms. The molecule has 5 rings (SSSR count). The molecule has 4 N–H and O–H groups in total. The van der Waals surface area contributed by atoms with E-state index >= 15 is 0 Å². The minimum absolute atomic E-state index is 0.244. The zero-order valence-electron chi connectivity index (χ0n) is 15.8. The predicted octanol–water partition coefficient (Wildman–Crippen LogP) is 1.71. The topological polar surface area (TPSA) is 123 Å². The van der Waals surface area contributed by atoms with Gasteiger partial charge in [-0.3, -0.25) is 9.98 Å². The van der Waals surface area contributed by atoms with Crippen molar-refractivity contribution in [3.05, 3.63) is 68.4 Å². The molecule has 9 nitrogen and oxygen atoms in total. The van der Waals surface area contributed by atoms with Gasteiger partial charge in [-0.05, 0) is 43.0 Å². The van der Waals surface area contributed by atoms with Crippen LogP contribution in [0.3, 0.4) is 0 Å². The fourth-order valence-corrected chi connectivity index (χ4v) is 3.32. The van der Waals surface area contributed by atoms with Gasteiger partial charge in [0.25, 0.3) is 0 Å². The zero-order chi connectivity index (χ0) is 20.7. The van der Waals surface area contributed by atoms with Crippen molar-refractivity contribution in [3.63, 3.8) is 0 Å². The third-order valence-electron chi connectivity index (χ3n) is 4.82. The Bertz CT molecular complexity index is 1420. The van der Waals surface area contributed by atoms with Crippen LogP contribution in [0.25, 0.3) is 11.7 Å².